The van der Waals surface area contributed by atoms with Crippen LogP contribution in [-0.4, -0.2) is 22.0 Å². The molecule has 1 aliphatic rings. The van der Waals surface area contributed by atoms with Gasteiger partial charge in [-0.1, -0.05) is 12.1 Å². The standard InChI is InChI=1S/C18H13F2N3O/c19-15-3-1-2-13(16(15)20)17-21-8-9-23(17)12-5-4-11-6-7-22-18(24)14(11)10-12/h1-5,8-10H,6-7H2,(H,22,24). The lowest BCUT2D eigenvalue weighted by Crippen LogP contribution is -2.31. The number of halogens is 2. The van der Waals surface area contributed by atoms with Gasteiger partial charge in [-0.15, -0.1) is 0 Å². The topological polar surface area (TPSA) is 46.9 Å². The van der Waals surface area contributed by atoms with Gasteiger partial charge in [0.1, 0.15) is 5.82 Å². The summed E-state index contributed by atoms with van der Waals surface area (Å²) in [4.78, 5) is 16.2. The smallest absolute Gasteiger partial charge is 0.251 e. The zero-order chi connectivity index (χ0) is 16.7. The molecule has 0 saturated heterocycles. The first kappa shape index (κ1) is 14.6. The average Bonchev–Trinajstić information content (AvgIpc) is 3.07. The van der Waals surface area contributed by atoms with E-state index in [-0.39, 0.29) is 17.3 Å². The van der Waals surface area contributed by atoms with Crippen molar-refractivity contribution in [1.82, 2.24) is 14.9 Å². The average molecular weight is 325 g/mol. The Morgan fingerprint density at radius 3 is 2.88 bits per heavy atom. The second-order valence-electron chi connectivity index (χ2n) is 5.57. The van der Waals surface area contributed by atoms with Crippen LogP contribution in [-0.2, 0) is 6.42 Å². The van der Waals surface area contributed by atoms with Crippen molar-refractivity contribution in [3.05, 3.63) is 71.6 Å². The fraction of sp³-hybridized carbons (Fsp3) is 0.111. The van der Waals surface area contributed by atoms with Crippen molar-refractivity contribution in [2.75, 3.05) is 6.54 Å². The highest BCUT2D eigenvalue weighted by molar-refractivity contribution is 5.97. The molecule has 24 heavy (non-hydrogen) atoms. The Kier molecular flexibility index (Phi) is 3.37. The zero-order valence-electron chi connectivity index (χ0n) is 12.6. The molecule has 0 spiro atoms. The summed E-state index contributed by atoms with van der Waals surface area (Å²) < 4.78 is 29.3. The molecule has 0 unspecified atom stereocenters. The number of nitrogens with one attached hydrogen (secondary N) is 1. The molecule has 0 saturated carbocycles. The van der Waals surface area contributed by atoms with E-state index in [0.29, 0.717) is 17.8 Å². The Bertz CT molecular complexity index is 949. The van der Waals surface area contributed by atoms with Crippen molar-refractivity contribution in [2.45, 2.75) is 6.42 Å². The Labute approximate surface area is 136 Å². The number of hydrogen-bond acceptors (Lipinski definition) is 2. The van der Waals surface area contributed by atoms with E-state index in [9.17, 15) is 13.6 Å². The van der Waals surface area contributed by atoms with Crippen LogP contribution in [0.3, 0.4) is 0 Å². The first-order valence-corrected chi connectivity index (χ1v) is 7.54. The summed E-state index contributed by atoms with van der Waals surface area (Å²) in [5.74, 6) is -1.72. The number of aromatic nitrogens is 2. The summed E-state index contributed by atoms with van der Waals surface area (Å²) in [5.41, 5.74) is 2.31. The van der Waals surface area contributed by atoms with Gasteiger partial charge < -0.3 is 5.32 Å². The maximum absolute atomic E-state index is 14.1. The van der Waals surface area contributed by atoms with Gasteiger partial charge in [-0.3, -0.25) is 9.36 Å². The lowest BCUT2D eigenvalue weighted by Gasteiger charge is -2.18. The van der Waals surface area contributed by atoms with Gasteiger partial charge >= 0.3 is 0 Å². The van der Waals surface area contributed by atoms with E-state index in [0.717, 1.165) is 18.1 Å². The van der Waals surface area contributed by atoms with Gasteiger partial charge in [-0.05, 0) is 36.2 Å². The van der Waals surface area contributed by atoms with E-state index < -0.39 is 11.6 Å². The Morgan fingerprint density at radius 1 is 1.12 bits per heavy atom. The predicted molar refractivity (Wildman–Crippen MR) is 85.0 cm³/mol. The minimum atomic E-state index is -0.944. The van der Waals surface area contributed by atoms with Gasteiger partial charge in [-0.25, -0.2) is 13.8 Å². The maximum Gasteiger partial charge on any atom is 0.251 e. The molecule has 0 bridgehead atoms. The van der Waals surface area contributed by atoms with Crippen LogP contribution >= 0.6 is 0 Å². The molecule has 120 valence electrons. The molecule has 3 aromatic rings. The third-order valence-corrected chi connectivity index (χ3v) is 4.13. The molecule has 1 aliphatic heterocycles. The number of amides is 1. The lowest BCUT2D eigenvalue weighted by atomic mass is 9.99. The summed E-state index contributed by atoms with van der Waals surface area (Å²) in [5, 5.41) is 2.80. The van der Waals surface area contributed by atoms with E-state index in [1.807, 2.05) is 12.1 Å². The van der Waals surface area contributed by atoms with Crippen molar-refractivity contribution >= 4 is 5.91 Å². The predicted octanol–water partition coefficient (Wildman–Crippen LogP) is 3.10. The minimum Gasteiger partial charge on any atom is -0.352 e. The molecule has 1 N–H and O–H groups in total. The number of carbonyl (C=O) groups is 1. The fourth-order valence-electron chi connectivity index (χ4n) is 2.94. The van der Waals surface area contributed by atoms with Gasteiger partial charge in [0.2, 0.25) is 0 Å². The molecule has 2 aromatic carbocycles. The molecule has 4 rings (SSSR count). The Hall–Kier alpha value is -3.02. The third kappa shape index (κ3) is 2.27. The molecule has 4 nitrogen and oxygen atoms in total. The van der Waals surface area contributed by atoms with Gasteiger partial charge in [0.05, 0.1) is 5.56 Å². The van der Waals surface area contributed by atoms with Crippen LogP contribution in [0.2, 0.25) is 0 Å². The highest BCUT2D eigenvalue weighted by atomic mass is 19.2. The number of imidazole rings is 1. The number of carbonyl (C=O) groups excluding carboxylic acids is 1. The molecule has 6 heteroatoms. The molecule has 0 radical (unpaired) electrons. The van der Waals surface area contributed by atoms with E-state index in [1.54, 1.807) is 16.8 Å². The summed E-state index contributed by atoms with van der Waals surface area (Å²) in [6.45, 7) is 0.621. The maximum atomic E-state index is 14.1. The number of nitrogens with zero attached hydrogens (tertiary/aromatic N) is 2. The normalized spacial score (nSPS) is 13.5. The van der Waals surface area contributed by atoms with Crippen molar-refractivity contribution in [3.63, 3.8) is 0 Å². The molecular weight excluding hydrogens is 312 g/mol. The first-order valence-electron chi connectivity index (χ1n) is 7.54. The monoisotopic (exact) mass is 325 g/mol. The van der Waals surface area contributed by atoms with E-state index in [1.165, 1.54) is 18.3 Å². The molecule has 2 heterocycles. The van der Waals surface area contributed by atoms with Gasteiger partial charge in [-0.2, -0.15) is 0 Å². The molecule has 0 atom stereocenters. The van der Waals surface area contributed by atoms with Crippen LogP contribution in [0.5, 0.6) is 0 Å². The second kappa shape index (κ2) is 5.56. The number of hydrogen-bond donors (Lipinski definition) is 1. The molecular formula is C18H13F2N3O. The molecule has 1 aromatic heterocycles. The van der Waals surface area contributed by atoms with Crippen molar-refractivity contribution in [3.8, 4) is 17.1 Å². The van der Waals surface area contributed by atoms with Crippen LogP contribution in [0, 0.1) is 11.6 Å². The van der Waals surface area contributed by atoms with E-state index in [4.69, 9.17) is 0 Å². The highest BCUT2D eigenvalue weighted by Gasteiger charge is 2.19. The van der Waals surface area contributed by atoms with Crippen molar-refractivity contribution in [2.24, 2.45) is 0 Å². The largest absolute Gasteiger partial charge is 0.352 e. The van der Waals surface area contributed by atoms with Crippen LogP contribution in [0.4, 0.5) is 8.78 Å². The summed E-state index contributed by atoms with van der Waals surface area (Å²) >= 11 is 0. The third-order valence-electron chi connectivity index (χ3n) is 4.13. The fourth-order valence-corrected chi connectivity index (χ4v) is 2.94. The lowest BCUT2D eigenvalue weighted by molar-refractivity contribution is 0.0946. The van der Waals surface area contributed by atoms with Crippen LogP contribution < -0.4 is 5.32 Å². The molecule has 0 fully saturated rings. The van der Waals surface area contributed by atoms with Gasteiger partial charge in [0, 0.05) is 30.2 Å². The first-order chi connectivity index (χ1) is 11.6. The van der Waals surface area contributed by atoms with Crippen molar-refractivity contribution < 1.29 is 13.6 Å². The summed E-state index contributed by atoms with van der Waals surface area (Å²) in [7, 11) is 0. The van der Waals surface area contributed by atoms with Gasteiger partial charge in [0.15, 0.2) is 11.6 Å². The Morgan fingerprint density at radius 2 is 2.00 bits per heavy atom. The number of benzene rings is 2. The van der Waals surface area contributed by atoms with E-state index in [2.05, 4.69) is 10.3 Å². The second-order valence-corrected chi connectivity index (χ2v) is 5.57. The SMILES string of the molecule is O=C1NCCc2ccc(-n3ccnc3-c3cccc(F)c3F)cc21. The number of rotatable bonds is 2. The molecule has 1 amide bonds. The Balaban J connectivity index is 1.85. The van der Waals surface area contributed by atoms with E-state index >= 15 is 0 Å². The van der Waals surface area contributed by atoms with Crippen LogP contribution in [0.1, 0.15) is 15.9 Å². The highest BCUT2D eigenvalue weighted by Crippen LogP contribution is 2.27. The zero-order valence-corrected chi connectivity index (χ0v) is 12.6. The molecule has 0 aliphatic carbocycles. The van der Waals surface area contributed by atoms with Gasteiger partial charge in [0.25, 0.3) is 5.91 Å². The number of fused-ring (bicyclic) bond motifs is 1. The summed E-state index contributed by atoms with van der Waals surface area (Å²) in [6, 6.07) is 9.45. The summed E-state index contributed by atoms with van der Waals surface area (Å²) in [6.07, 6.45) is 3.94. The van der Waals surface area contributed by atoms with Crippen LogP contribution in [0.25, 0.3) is 17.1 Å². The van der Waals surface area contributed by atoms with Crippen molar-refractivity contribution in [1.29, 1.82) is 0 Å². The quantitative estimate of drug-likeness (QED) is 0.787. The minimum absolute atomic E-state index is 0.0715. The van der Waals surface area contributed by atoms with Crippen LogP contribution in [0.15, 0.2) is 48.8 Å².